The van der Waals surface area contributed by atoms with Gasteiger partial charge < -0.3 is 29.9 Å². The summed E-state index contributed by atoms with van der Waals surface area (Å²) in [6, 6.07) is 10.6. The minimum absolute atomic E-state index is 0.0233. The Balaban J connectivity index is 0.000000169. The van der Waals surface area contributed by atoms with E-state index < -0.39 is 17.7 Å². The van der Waals surface area contributed by atoms with Gasteiger partial charge in [0.2, 0.25) is 0 Å². The molecule has 0 bridgehead atoms. The molecule has 2 unspecified atom stereocenters. The number of cyclic esters (lactones) is 2. The SMILES string of the molecule is CCC1CN(c2cc(F)c(N3CCNCC3)c(F)c2)C(=O)O1.CCC1CN(c2ccc(N3CCNCC3)cc2)C(=O)O1. The van der Waals surface area contributed by atoms with E-state index in [1.807, 2.05) is 26.0 Å². The molecule has 6 rings (SSSR count). The highest BCUT2D eigenvalue weighted by Crippen LogP contribution is 2.31. The lowest BCUT2D eigenvalue weighted by Crippen LogP contribution is -2.44. The maximum absolute atomic E-state index is 14.4. The van der Waals surface area contributed by atoms with Crippen LogP contribution >= 0.6 is 0 Å². The fourth-order valence-electron chi connectivity index (χ4n) is 5.55. The van der Waals surface area contributed by atoms with Crippen molar-refractivity contribution in [1.82, 2.24) is 10.6 Å². The van der Waals surface area contributed by atoms with E-state index >= 15 is 0 Å². The lowest BCUT2D eigenvalue weighted by molar-refractivity contribution is 0.138. The van der Waals surface area contributed by atoms with Crippen molar-refractivity contribution in [3.63, 3.8) is 0 Å². The Hall–Kier alpha value is -3.64. The summed E-state index contributed by atoms with van der Waals surface area (Å²) in [5.74, 6) is -1.30. The second-order valence-electron chi connectivity index (χ2n) is 10.8. The van der Waals surface area contributed by atoms with E-state index in [9.17, 15) is 18.4 Å². The molecule has 228 valence electrons. The molecule has 4 aliphatic rings. The van der Waals surface area contributed by atoms with E-state index in [1.165, 1.54) is 22.7 Å². The molecule has 2 aromatic rings. The molecule has 2 atom stereocenters. The Bertz CT molecular complexity index is 1210. The van der Waals surface area contributed by atoms with Crippen molar-refractivity contribution >= 4 is 34.9 Å². The van der Waals surface area contributed by atoms with Gasteiger partial charge in [0, 0.05) is 75.9 Å². The first-order valence-corrected chi connectivity index (χ1v) is 14.8. The first-order valence-electron chi connectivity index (χ1n) is 14.8. The van der Waals surface area contributed by atoms with E-state index in [4.69, 9.17) is 9.47 Å². The number of nitrogens with zero attached hydrogens (tertiary/aromatic N) is 4. The number of piperazine rings is 2. The molecule has 12 heteroatoms. The number of hydrogen-bond acceptors (Lipinski definition) is 8. The second kappa shape index (κ2) is 13.6. The molecule has 0 radical (unpaired) electrons. The van der Waals surface area contributed by atoms with Crippen molar-refractivity contribution in [2.75, 3.05) is 85.0 Å². The van der Waals surface area contributed by atoms with Crippen LogP contribution in [0, 0.1) is 11.6 Å². The first-order chi connectivity index (χ1) is 20.4. The smallest absolute Gasteiger partial charge is 0.414 e. The van der Waals surface area contributed by atoms with Crippen LogP contribution in [0.15, 0.2) is 36.4 Å². The number of carbonyl (C=O) groups is 2. The molecular weight excluding hydrogens is 546 g/mol. The zero-order valence-electron chi connectivity index (χ0n) is 24.3. The van der Waals surface area contributed by atoms with Crippen molar-refractivity contribution in [3.8, 4) is 0 Å². The molecular formula is C30H40F2N6O4. The van der Waals surface area contributed by atoms with Crippen molar-refractivity contribution < 1.29 is 27.8 Å². The molecule has 42 heavy (non-hydrogen) atoms. The topological polar surface area (TPSA) is 89.6 Å². The molecule has 4 fully saturated rings. The Morgan fingerprint density at radius 3 is 1.57 bits per heavy atom. The number of rotatable bonds is 6. The van der Waals surface area contributed by atoms with Crippen LogP contribution in [0.3, 0.4) is 0 Å². The molecule has 2 N–H and O–H groups in total. The van der Waals surface area contributed by atoms with Gasteiger partial charge in [-0.15, -0.1) is 0 Å². The summed E-state index contributed by atoms with van der Waals surface area (Å²) in [5, 5.41) is 6.49. The summed E-state index contributed by atoms with van der Waals surface area (Å²) < 4.78 is 39.2. The van der Waals surface area contributed by atoms with Gasteiger partial charge in [-0.1, -0.05) is 13.8 Å². The quantitative estimate of drug-likeness (QED) is 0.527. The third kappa shape index (κ3) is 6.70. The lowest BCUT2D eigenvalue weighted by Gasteiger charge is -2.30. The van der Waals surface area contributed by atoms with E-state index in [0.717, 1.165) is 38.3 Å². The average Bonchev–Trinajstić information content (AvgIpc) is 3.60. The highest BCUT2D eigenvalue weighted by atomic mass is 19.1. The van der Waals surface area contributed by atoms with Crippen LogP contribution in [0.2, 0.25) is 0 Å². The first kappa shape index (κ1) is 29.8. The summed E-state index contributed by atoms with van der Waals surface area (Å²) in [7, 11) is 0. The summed E-state index contributed by atoms with van der Waals surface area (Å²) in [6.45, 7) is 11.5. The molecule has 4 saturated heterocycles. The van der Waals surface area contributed by atoms with Gasteiger partial charge in [0.1, 0.15) is 17.9 Å². The monoisotopic (exact) mass is 586 g/mol. The normalized spacial score (nSPS) is 22.6. The number of amides is 2. The van der Waals surface area contributed by atoms with Gasteiger partial charge in [0.15, 0.2) is 11.6 Å². The summed E-state index contributed by atoms with van der Waals surface area (Å²) >= 11 is 0. The van der Waals surface area contributed by atoms with Crippen molar-refractivity contribution in [2.45, 2.75) is 38.9 Å². The largest absolute Gasteiger partial charge is 0.444 e. The van der Waals surface area contributed by atoms with Crippen LogP contribution in [0.5, 0.6) is 0 Å². The predicted molar refractivity (Wildman–Crippen MR) is 159 cm³/mol. The Labute approximate surface area is 245 Å². The van der Waals surface area contributed by atoms with Gasteiger partial charge in [0.05, 0.1) is 18.8 Å². The second-order valence-corrected chi connectivity index (χ2v) is 10.8. The maximum Gasteiger partial charge on any atom is 0.414 e. The molecule has 0 aromatic heterocycles. The highest BCUT2D eigenvalue weighted by Gasteiger charge is 2.33. The number of benzene rings is 2. The van der Waals surface area contributed by atoms with Gasteiger partial charge in [-0.3, -0.25) is 9.80 Å². The minimum atomic E-state index is -0.648. The molecule has 0 aliphatic carbocycles. The van der Waals surface area contributed by atoms with E-state index in [2.05, 4.69) is 27.7 Å². The number of ether oxygens (including phenoxy) is 2. The summed E-state index contributed by atoms with van der Waals surface area (Å²) in [6.07, 6.45) is 0.543. The Morgan fingerprint density at radius 2 is 1.12 bits per heavy atom. The number of halogens is 2. The van der Waals surface area contributed by atoms with Gasteiger partial charge in [0.25, 0.3) is 0 Å². The molecule has 2 aromatic carbocycles. The molecule has 0 spiro atoms. The fraction of sp³-hybridized carbons (Fsp3) is 0.533. The molecule has 10 nitrogen and oxygen atoms in total. The van der Waals surface area contributed by atoms with Crippen molar-refractivity contribution in [2.24, 2.45) is 0 Å². The fourth-order valence-corrected chi connectivity index (χ4v) is 5.55. The van der Waals surface area contributed by atoms with Crippen molar-refractivity contribution in [3.05, 3.63) is 48.0 Å². The zero-order chi connectivity index (χ0) is 29.6. The van der Waals surface area contributed by atoms with Gasteiger partial charge >= 0.3 is 12.2 Å². The van der Waals surface area contributed by atoms with E-state index in [0.29, 0.717) is 45.7 Å². The zero-order valence-corrected chi connectivity index (χ0v) is 24.3. The third-order valence-electron chi connectivity index (χ3n) is 8.05. The number of hydrogen-bond donors (Lipinski definition) is 2. The van der Waals surface area contributed by atoms with Crippen LogP contribution < -0.4 is 30.2 Å². The van der Waals surface area contributed by atoms with E-state index in [1.54, 1.807) is 9.80 Å². The number of carbonyl (C=O) groups excluding carboxylic acids is 2. The van der Waals surface area contributed by atoms with Gasteiger partial charge in [-0.2, -0.15) is 0 Å². The number of anilines is 4. The lowest BCUT2D eigenvalue weighted by atomic mass is 10.2. The average molecular weight is 587 g/mol. The van der Waals surface area contributed by atoms with Crippen molar-refractivity contribution in [1.29, 1.82) is 0 Å². The van der Waals surface area contributed by atoms with Crippen LogP contribution in [0.25, 0.3) is 0 Å². The Kier molecular flexibility index (Phi) is 9.63. The Morgan fingerprint density at radius 1 is 0.690 bits per heavy atom. The van der Waals surface area contributed by atoms with Gasteiger partial charge in [-0.25, -0.2) is 18.4 Å². The minimum Gasteiger partial charge on any atom is -0.444 e. The van der Waals surface area contributed by atoms with Crippen LogP contribution in [0.1, 0.15) is 26.7 Å². The molecule has 4 aliphatic heterocycles. The predicted octanol–water partition coefficient (Wildman–Crippen LogP) is 3.94. The molecule has 4 heterocycles. The summed E-state index contributed by atoms with van der Waals surface area (Å²) in [4.78, 5) is 30.6. The summed E-state index contributed by atoms with van der Waals surface area (Å²) in [5.41, 5.74) is 2.32. The number of nitrogens with one attached hydrogen (secondary N) is 2. The van der Waals surface area contributed by atoms with Gasteiger partial charge in [-0.05, 0) is 37.1 Å². The molecule has 2 amide bonds. The van der Waals surface area contributed by atoms with Crippen LogP contribution in [-0.4, -0.2) is 89.8 Å². The molecule has 0 saturated carbocycles. The van der Waals surface area contributed by atoms with Crippen LogP contribution in [0.4, 0.5) is 41.1 Å². The van der Waals surface area contributed by atoms with Crippen LogP contribution in [-0.2, 0) is 9.47 Å². The third-order valence-corrected chi connectivity index (χ3v) is 8.05. The maximum atomic E-state index is 14.4. The highest BCUT2D eigenvalue weighted by molar-refractivity contribution is 5.90. The van der Waals surface area contributed by atoms with E-state index in [-0.39, 0.29) is 29.7 Å². The standard InChI is InChI=1S/C15H19F2N3O2.C15H21N3O2/c1-2-11-9-20(15(21)22-11)10-7-12(16)14(13(17)8-10)19-5-3-18-4-6-19;1-2-14-11-18(15(19)20-14)13-5-3-12(4-6-13)17-9-7-16-8-10-17/h7-8,11,18H,2-6,9H2,1H3;3-6,14,16H,2,7-11H2,1H3.